The lowest BCUT2D eigenvalue weighted by molar-refractivity contribution is -0.187. The van der Waals surface area contributed by atoms with Crippen LogP contribution in [0, 0.1) is 5.41 Å². The van der Waals surface area contributed by atoms with E-state index in [1.165, 1.54) is 0 Å². The SMILES string of the molecule is CCC1(C(=O)C(F)(F)F)CCC1. The van der Waals surface area contributed by atoms with Crippen molar-refractivity contribution in [3.8, 4) is 0 Å². The largest absolute Gasteiger partial charge is 0.450 e. The van der Waals surface area contributed by atoms with Gasteiger partial charge in [-0.2, -0.15) is 13.2 Å². The molecule has 1 rings (SSSR count). The minimum absolute atomic E-state index is 0.311. The Labute approximate surface area is 68.9 Å². The second-order valence-corrected chi connectivity index (χ2v) is 3.31. The van der Waals surface area contributed by atoms with Crippen LogP contribution in [0.25, 0.3) is 0 Å². The zero-order chi connectivity index (χ0) is 9.41. The maximum Gasteiger partial charge on any atom is 0.450 e. The van der Waals surface area contributed by atoms with Crippen molar-refractivity contribution >= 4 is 5.78 Å². The van der Waals surface area contributed by atoms with Gasteiger partial charge in [0.2, 0.25) is 5.78 Å². The van der Waals surface area contributed by atoms with Gasteiger partial charge in [0, 0.05) is 5.41 Å². The van der Waals surface area contributed by atoms with Crippen LogP contribution in [0.4, 0.5) is 13.2 Å². The number of halogens is 3. The molecule has 0 atom stereocenters. The molecule has 12 heavy (non-hydrogen) atoms. The molecule has 0 unspecified atom stereocenters. The molecular formula is C8H11F3O. The molecule has 0 aromatic heterocycles. The van der Waals surface area contributed by atoms with Crippen molar-refractivity contribution < 1.29 is 18.0 Å². The van der Waals surface area contributed by atoms with E-state index < -0.39 is 17.4 Å². The van der Waals surface area contributed by atoms with Crippen molar-refractivity contribution in [2.75, 3.05) is 0 Å². The molecule has 0 N–H and O–H groups in total. The lowest BCUT2D eigenvalue weighted by Crippen LogP contribution is -2.45. The first-order valence-electron chi connectivity index (χ1n) is 4.04. The highest BCUT2D eigenvalue weighted by molar-refractivity contribution is 5.90. The van der Waals surface area contributed by atoms with Crippen molar-refractivity contribution in [1.29, 1.82) is 0 Å². The van der Waals surface area contributed by atoms with Crippen molar-refractivity contribution in [1.82, 2.24) is 0 Å². The Hall–Kier alpha value is -0.540. The molecule has 0 aromatic carbocycles. The van der Waals surface area contributed by atoms with Crippen LogP contribution >= 0.6 is 0 Å². The third-order valence-electron chi connectivity index (χ3n) is 2.73. The second kappa shape index (κ2) is 2.75. The van der Waals surface area contributed by atoms with Gasteiger partial charge in [-0.3, -0.25) is 4.79 Å². The molecule has 1 saturated carbocycles. The fourth-order valence-electron chi connectivity index (χ4n) is 1.65. The number of hydrogen-bond donors (Lipinski definition) is 0. The Kier molecular flexibility index (Phi) is 2.19. The van der Waals surface area contributed by atoms with E-state index in [1.54, 1.807) is 6.92 Å². The van der Waals surface area contributed by atoms with E-state index >= 15 is 0 Å². The first-order chi connectivity index (χ1) is 5.42. The topological polar surface area (TPSA) is 17.1 Å². The predicted molar refractivity (Wildman–Crippen MR) is 37.6 cm³/mol. The molecular weight excluding hydrogens is 169 g/mol. The lowest BCUT2D eigenvalue weighted by atomic mass is 9.64. The summed E-state index contributed by atoms with van der Waals surface area (Å²) in [6, 6.07) is 0. The Morgan fingerprint density at radius 2 is 1.92 bits per heavy atom. The molecule has 0 spiro atoms. The monoisotopic (exact) mass is 180 g/mol. The van der Waals surface area contributed by atoms with Gasteiger partial charge >= 0.3 is 6.18 Å². The van der Waals surface area contributed by atoms with Gasteiger partial charge in [0.15, 0.2) is 0 Å². The summed E-state index contributed by atoms with van der Waals surface area (Å²) in [5, 5.41) is 0. The normalized spacial score (nSPS) is 21.7. The van der Waals surface area contributed by atoms with E-state index in [0.29, 0.717) is 19.3 Å². The lowest BCUT2D eigenvalue weighted by Gasteiger charge is -2.39. The number of ketones is 1. The van der Waals surface area contributed by atoms with Gasteiger partial charge in [-0.1, -0.05) is 13.3 Å². The van der Waals surface area contributed by atoms with Crippen LogP contribution in [-0.2, 0) is 4.79 Å². The van der Waals surface area contributed by atoms with E-state index in [9.17, 15) is 18.0 Å². The Balaban J connectivity index is 2.74. The van der Waals surface area contributed by atoms with E-state index in [4.69, 9.17) is 0 Å². The summed E-state index contributed by atoms with van der Waals surface area (Å²) in [7, 11) is 0. The van der Waals surface area contributed by atoms with Crippen LogP contribution in [0.15, 0.2) is 0 Å². The van der Waals surface area contributed by atoms with Gasteiger partial charge in [0.05, 0.1) is 0 Å². The maximum absolute atomic E-state index is 12.0. The average Bonchev–Trinajstić information content (AvgIpc) is 1.84. The molecule has 0 aliphatic heterocycles. The van der Waals surface area contributed by atoms with Gasteiger partial charge in [-0.05, 0) is 19.3 Å². The highest BCUT2D eigenvalue weighted by Crippen LogP contribution is 2.48. The minimum Gasteiger partial charge on any atom is -0.289 e. The first kappa shape index (κ1) is 9.55. The molecule has 0 aromatic rings. The fourth-order valence-corrected chi connectivity index (χ4v) is 1.65. The molecule has 1 aliphatic carbocycles. The number of hydrogen-bond acceptors (Lipinski definition) is 1. The third-order valence-corrected chi connectivity index (χ3v) is 2.73. The van der Waals surface area contributed by atoms with Crippen molar-refractivity contribution in [2.24, 2.45) is 5.41 Å². The summed E-state index contributed by atoms with van der Waals surface area (Å²) in [6.45, 7) is 1.64. The molecule has 0 heterocycles. The third kappa shape index (κ3) is 1.34. The fraction of sp³-hybridized carbons (Fsp3) is 0.875. The van der Waals surface area contributed by atoms with Crippen LogP contribution < -0.4 is 0 Å². The van der Waals surface area contributed by atoms with Crippen LogP contribution in [-0.4, -0.2) is 12.0 Å². The zero-order valence-corrected chi connectivity index (χ0v) is 6.87. The molecule has 1 fully saturated rings. The van der Waals surface area contributed by atoms with Gasteiger partial charge in [0.1, 0.15) is 0 Å². The summed E-state index contributed by atoms with van der Waals surface area (Å²) >= 11 is 0. The highest BCUT2D eigenvalue weighted by atomic mass is 19.4. The standard InChI is InChI=1S/C8H11F3O/c1-2-7(4-3-5-7)6(12)8(9,10)11/h2-5H2,1H3. The van der Waals surface area contributed by atoms with Crippen molar-refractivity contribution in [3.63, 3.8) is 0 Å². The number of Topliss-reactive ketones (excluding diaryl/α,β-unsaturated/α-hetero) is 1. The molecule has 0 amide bonds. The average molecular weight is 180 g/mol. The summed E-state index contributed by atoms with van der Waals surface area (Å²) in [5.74, 6) is -1.52. The summed E-state index contributed by atoms with van der Waals surface area (Å²) < 4.78 is 36.0. The smallest absolute Gasteiger partial charge is 0.289 e. The van der Waals surface area contributed by atoms with E-state index in [1.807, 2.05) is 0 Å². The van der Waals surface area contributed by atoms with Gasteiger partial charge in [0.25, 0.3) is 0 Å². The number of rotatable bonds is 2. The van der Waals surface area contributed by atoms with E-state index in [2.05, 4.69) is 0 Å². The predicted octanol–water partition coefficient (Wildman–Crippen LogP) is 2.70. The van der Waals surface area contributed by atoms with Crippen LogP contribution in [0.5, 0.6) is 0 Å². The molecule has 4 heteroatoms. The molecule has 0 saturated heterocycles. The highest BCUT2D eigenvalue weighted by Gasteiger charge is 2.54. The van der Waals surface area contributed by atoms with Crippen LogP contribution in [0.3, 0.4) is 0 Å². The number of carbonyl (C=O) groups excluding carboxylic acids is 1. The van der Waals surface area contributed by atoms with Crippen molar-refractivity contribution in [2.45, 2.75) is 38.8 Å². The zero-order valence-electron chi connectivity index (χ0n) is 6.87. The maximum atomic E-state index is 12.0. The number of carbonyl (C=O) groups is 1. The summed E-state index contributed by atoms with van der Waals surface area (Å²) in [6.07, 6.45) is -2.78. The van der Waals surface area contributed by atoms with Gasteiger partial charge in [-0.15, -0.1) is 0 Å². The number of alkyl halides is 3. The Morgan fingerprint density at radius 1 is 1.42 bits per heavy atom. The van der Waals surface area contributed by atoms with E-state index in [0.717, 1.165) is 6.42 Å². The van der Waals surface area contributed by atoms with Gasteiger partial charge < -0.3 is 0 Å². The Bertz CT molecular complexity index is 185. The van der Waals surface area contributed by atoms with Gasteiger partial charge in [-0.25, -0.2) is 0 Å². The molecule has 70 valence electrons. The minimum atomic E-state index is -4.64. The molecule has 1 nitrogen and oxygen atoms in total. The van der Waals surface area contributed by atoms with Crippen LogP contribution in [0.2, 0.25) is 0 Å². The first-order valence-corrected chi connectivity index (χ1v) is 4.04. The van der Waals surface area contributed by atoms with Crippen molar-refractivity contribution in [3.05, 3.63) is 0 Å². The summed E-state index contributed by atoms with van der Waals surface area (Å²) in [4.78, 5) is 10.9. The molecule has 0 bridgehead atoms. The van der Waals surface area contributed by atoms with Crippen LogP contribution in [0.1, 0.15) is 32.6 Å². The second-order valence-electron chi connectivity index (χ2n) is 3.31. The molecule has 0 radical (unpaired) electrons. The Morgan fingerprint density at radius 3 is 2.00 bits per heavy atom. The van der Waals surface area contributed by atoms with E-state index in [-0.39, 0.29) is 0 Å². The molecule has 1 aliphatic rings. The quantitative estimate of drug-likeness (QED) is 0.638. The summed E-state index contributed by atoms with van der Waals surface area (Å²) in [5.41, 5.74) is -1.06.